The number of nitriles is 1. The van der Waals surface area contributed by atoms with Gasteiger partial charge < -0.3 is 10.0 Å². The maximum Gasteiger partial charge on any atom is 0.227 e. The molecular weight excluding hydrogens is 343 g/mol. The van der Waals surface area contributed by atoms with E-state index < -0.39 is 12.1 Å². The fraction of sp³-hybridized carbons (Fsp3) is 0.364. The molecular formula is C22H21FN2O2. The molecule has 138 valence electrons. The quantitative estimate of drug-likeness (QED) is 0.903. The van der Waals surface area contributed by atoms with Crippen LogP contribution in [0.1, 0.15) is 30.7 Å². The summed E-state index contributed by atoms with van der Waals surface area (Å²) < 4.78 is 13.7. The van der Waals surface area contributed by atoms with E-state index in [1.807, 2.05) is 30.3 Å². The summed E-state index contributed by atoms with van der Waals surface area (Å²) in [6.45, 7) is -0.196. The Morgan fingerprint density at radius 2 is 2.00 bits per heavy atom. The number of aliphatic hydroxyl groups excluding tert-OH is 1. The van der Waals surface area contributed by atoms with E-state index in [1.165, 1.54) is 12.1 Å². The predicted molar refractivity (Wildman–Crippen MR) is 99.0 cm³/mol. The van der Waals surface area contributed by atoms with Crippen molar-refractivity contribution < 1.29 is 14.3 Å². The molecule has 1 amide bonds. The van der Waals surface area contributed by atoms with Crippen molar-refractivity contribution in [3.8, 4) is 17.2 Å². The lowest BCUT2D eigenvalue weighted by molar-refractivity contribution is -0.154. The zero-order chi connectivity index (χ0) is 19.0. The Morgan fingerprint density at radius 3 is 2.63 bits per heavy atom. The molecule has 2 aromatic carbocycles. The van der Waals surface area contributed by atoms with E-state index in [4.69, 9.17) is 0 Å². The van der Waals surface area contributed by atoms with E-state index >= 15 is 0 Å². The molecule has 1 N–H and O–H groups in total. The van der Waals surface area contributed by atoms with Gasteiger partial charge in [-0.2, -0.15) is 5.26 Å². The molecule has 27 heavy (non-hydrogen) atoms. The SMILES string of the molecule is N#C[C@H]1[C@H](c2ccccc2-c2cccc(F)c2)[C@H](CO)N1C(=O)C1CCC1. The van der Waals surface area contributed by atoms with Gasteiger partial charge in [-0.15, -0.1) is 0 Å². The van der Waals surface area contributed by atoms with Crippen LogP contribution in [0.5, 0.6) is 0 Å². The number of benzene rings is 2. The lowest BCUT2D eigenvalue weighted by atomic mass is 9.71. The predicted octanol–water partition coefficient (Wildman–Crippen LogP) is 3.47. The Morgan fingerprint density at radius 1 is 1.22 bits per heavy atom. The van der Waals surface area contributed by atoms with Crippen LogP contribution in [0.4, 0.5) is 4.39 Å². The van der Waals surface area contributed by atoms with Crippen LogP contribution in [0.25, 0.3) is 11.1 Å². The summed E-state index contributed by atoms with van der Waals surface area (Å²) >= 11 is 0. The van der Waals surface area contributed by atoms with Crippen LogP contribution in [-0.4, -0.2) is 34.6 Å². The molecule has 4 rings (SSSR count). The molecule has 0 radical (unpaired) electrons. The Balaban J connectivity index is 1.71. The van der Waals surface area contributed by atoms with Crippen LogP contribution in [0.2, 0.25) is 0 Å². The second-order valence-electron chi connectivity index (χ2n) is 7.32. The Hall–Kier alpha value is -2.71. The summed E-state index contributed by atoms with van der Waals surface area (Å²) in [6.07, 6.45) is 2.75. The summed E-state index contributed by atoms with van der Waals surface area (Å²) in [5.74, 6) is -0.655. The molecule has 1 saturated carbocycles. The minimum Gasteiger partial charge on any atom is -0.394 e. The highest BCUT2D eigenvalue weighted by Crippen LogP contribution is 2.46. The van der Waals surface area contributed by atoms with Crippen LogP contribution < -0.4 is 0 Å². The zero-order valence-corrected chi connectivity index (χ0v) is 14.9. The van der Waals surface area contributed by atoms with Crippen molar-refractivity contribution in [3.63, 3.8) is 0 Å². The van der Waals surface area contributed by atoms with Gasteiger partial charge >= 0.3 is 0 Å². The number of aliphatic hydroxyl groups is 1. The Kier molecular flexibility index (Phi) is 4.67. The number of amides is 1. The van der Waals surface area contributed by atoms with E-state index in [2.05, 4.69) is 6.07 Å². The minimum atomic E-state index is -0.607. The van der Waals surface area contributed by atoms with Gasteiger partial charge in [0.25, 0.3) is 0 Å². The van der Waals surface area contributed by atoms with Crippen LogP contribution in [-0.2, 0) is 4.79 Å². The monoisotopic (exact) mass is 364 g/mol. The average molecular weight is 364 g/mol. The fourth-order valence-electron chi connectivity index (χ4n) is 4.26. The van der Waals surface area contributed by atoms with Gasteiger partial charge in [0.1, 0.15) is 11.9 Å². The number of rotatable bonds is 4. The van der Waals surface area contributed by atoms with Crippen LogP contribution in [0.15, 0.2) is 48.5 Å². The van der Waals surface area contributed by atoms with Crippen molar-refractivity contribution in [2.24, 2.45) is 5.92 Å². The van der Waals surface area contributed by atoms with Crippen molar-refractivity contribution in [1.29, 1.82) is 5.26 Å². The molecule has 2 fully saturated rings. The van der Waals surface area contributed by atoms with Crippen LogP contribution in [0.3, 0.4) is 0 Å². The molecule has 1 aliphatic carbocycles. The second kappa shape index (κ2) is 7.13. The molecule has 1 saturated heterocycles. The third kappa shape index (κ3) is 2.90. The molecule has 2 aliphatic rings. The maximum atomic E-state index is 13.7. The van der Waals surface area contributed by atoms with E-state index in [0.717, 1.165) is 36.0 Å². The van der Waals surface area contributed by atoms with Crippen molar-refractivity contribution in [1.82, 2.24) is 4.90 Å². The normalized spacial score (nSPS) is 24.6. The maximum absolute atomic E-state index is 13.7. The largest absolute Gasteiger partial charge is 0.394 e. The summed E-state index contributed by atoms with van der Waals surface area (Å²) in [5.41, 5.74) is 2.42. The lowest BCUT2D eigenvalue weighted by Gasteiger charge is -2.53. The third-order valence-corrected chi connectivity index (χ3v) is 5.90. The number of carbonyl (C=O) groups excluding carboxylic acids is 1. The summed E-state index contributed by atoms with van der Waals surface area (Å²) in [6, 6.07) is 15.1. The summed E-state index contributed by atoms with van der Waals surface area (Å²) in [4.78, 5) is 14.3. The molecule has 0 unspecified atom stereocenters. The van der Waals surface area contributed by atoms with Gasteiger partial charge in [0, 0.05) is 11.8 Å². The van der Waals surface area contributed by atoms with Crippen LogP contribution >= 0.6 is 0 Å². The molecule has 3 atom stereocenters. The zero-order valence-electron chi connectivity index (χ0n) is 14.9. The highest BCUT2D eigenvalue weighted by molar-refractivity contribution is 5.83. The molecule has 4 nitrogen and oxygen atoms in total. The lowest BCUT2D eigenvalue weighted by Crippen LogP contribution is -2.66. The molecule has 0 bridgehead atoms. The van der Waals surface area contributed by atoms with Gasteiger partial charge in [-0.05, 0) is 41.7 Å². The van der Waals surface area contributed by atoms with Gasteiger partial charge in [0.15, 0.2) is 0 Å². The van der Waals surface area contributed by atoms with Crippen molar-refractivity contribution in [2.45, 2.75) is 37.3 Å². The first-order chi connectivity index (χ1) is 13.2. The number of carbonyl (C=O) groups is 1. The topological polar surface area (TPSA) is 64.3 Å². The first kappa shape index (κ1) is 17.7. The van der Waals surface area contributed by atoms with E-state index in [1.54, 1.807) is 11.0 Å². The number of hydrogen-bond acceptors (Lipinski definition) is 3. The number of likely N-dealkylation sites (tertiary alicyclic amines) is 1. The Labute approximate surface area is 157 Å². The fourth-order valence-corrected chi connectivity index (χ4v) is 4.26. The first-order valence-electron chi connectivity index (χ1n) is 9.33. The van der Waals surface area contributed by atoms with E-state index in [0.29, 0.717) is 0 Å². The summed E-state index contributed by atoms with van der Waals surface area (Å²) in [7, 11) is 0. The first-order valence-corrected chi connectivity index (χ1v) is 9.33. The van der Waals surface area contributed by atoms with Crippen molar-refractivity contribution in [3.05, 3.63) is 59.9 Å². The van der Waals surface area contributed by atoms with Gasteiger partial charge in [0.05, 0.1) is 18.7 Å². The molecule has 0 aromatic heterocycles. The second-order valence-corrected chi connectivity index (χ2v) is 7.32. The number of nitrogens with zero attached hydrogens (tertiary/aromatic N) is 2. The number of halogens is 1. The Bertz CT molecular complexity index is 903. The van der Waals surface area contributed by atoms with Gasteiger partial charge in [-0.3, -0.25) is 4.79 Å². The van der Waals surface area contributed by atoms with Gasteiger partial charge in [-0.25, -0.2) is 4.39 Å². The van der Waals surface area contributed by atoms with E-state index in [-0.39, 0.29) is 30.2 Å². The van der Waals surface area contributed by atoms with Crippen molar-refractivity contribution in [2.75, 3.05) is 6.61 Å². The smallest absolute Gasteiger partial charge is 0.227 e. The molecule has 0 spiro atoms. The third-order valence-electron chi connectivity index (χ3n) is 5.90. The van der Waals surface area contributed by atoms with E-state index in [9.17, 15) is 19.6 Å². The van der Waals surface area contributed by atoms with Gasteiger partial charge in [-0.1, -0.05) is 42.8 Å². The highest BCUT2D eigenvalue weighted by Gasteiger charge is 2.53. The molecule has 1 heterocycles. The minimum absolute atomic E-state index is 0.0192. The molecule has 5 heteroatoms. The highest BCUT2D eigenvalue weighted by atomic mass is 19.1. The van der Waals surface area contributed by atoms with Crippen LogP contribution in [0, 0.1) is 23.1 Å². The average Bonchev–Trinajstić information content (AvgIpc) is 2.60. The van der Waals surface area contributed by atoms with Gasteiger partial charge in [0.2, 0.25) is 5.91 Å². The van der Waals surface area contributed by atoms with Crippen molar-refractivity contribution >= 4 is 5.91 Å². The molecule has 2 aromatic rings. The standard InChI is InChI=1S/C22H21FN2O2/c23-16-8-4-7-15(11-16)17-9-1-2-10-18(17)21-19(12-24)25(20(21)13-26)22(27)14-5-3-6-14/h1-2,4,7-11,14,19-21,26H,3,5-6,13H2/t19-,20-,21-/m0/s1. The summed E-state index contributed by atoms with van der Waals surface area (Å²) in [5, 5.41) is 19.7. The molecule has 1 aliphatic heterocycles. The number of hydrogen-bond donors (Lipinski definition) is 1.